The number of unbranched alkanes of at least 4 members (excludes halogenated alkanes) is 3. The third-order valence-electron chi connectivity index (χ3n) is 5.89. The summed E-state index contributed by atoms with van der Waals surface area (Å²) in [5.74, 6) is 0.917. The van der Waals surface area contributed by atoms with Crippen molar-refractivity contribution in [2.24, 2.45) is 5.92 Å². The van der Waals surface area contributed by atoms with Gasteiger partial charge < -0.3 is 0 Å². The standard InChI is InChI=1S/C9H11S.3C4H9.Sn/c1-7-2-3-8-4-5-10-9(8)6-7;3*1-3-4-2;/h4,7H,2-3,6H2,1H3;3*1,3-4H2,2H3;. The van der Waals surface area contributed by atoms with Crippen LogP contribution in [-0.4, -0.2) is 18.4 Å². The Morgan fingerprint density at radius 1 is 1.00 bits per heavy atom. The Kier molecular flexibility index (Phi) is 8.48. The van der Waals surface area contributed by atoms with Gasteiger partial charge in [-0.25, -0.2) is 0 Å². The second kappa shape index (κ2) is 9.85. The fourth-order valence-corrected chi connectivity index (χ4v) is 25.0. The third-order valence-corrected chi connectivity index (χ3v) is 25.3. The molecule has 132 valence electrons. The SMILES string of the molecule is CCC[CH2][Sn]([CH2]CCC)([CH2]CCC)[c]1cc2c(s1)CC(C)CC2. The first kappa shape index (κ1) is 19.8. The molecule has 0 amide bonds. The van der Waals surface area contributed by atoms with Gasteiger partial charge in [-0.1, -0.05) is 0 Å². The Morgan fingerprint density at radius 3 is 2.09 bits per heavy atom. The molecule has 0 bridgehead atoms. The topological polar surface area (TPSA) is 0 Å². The van der Waals surface area contributed by atoms with Gasteiger partial charge in [-0.3, -0.25) is 0 Å². The predicted octanol–water partition coefficient (Wildman–Crippen LogP) is 6.93. The Morgan fingerprint density at radius 2 is 1.57 bits per heavy atom. The zero-order valence-electron chi connectivity index (χ0n) is 16.0. The zero-order chi connectivity index (χ0) is 16.7. The van der Waals surface area contributed by atoms with E-state index < -0.39 is 18.4 Å². The molecular weight excluding hydrogens is 403 g/mol. The maximum absolute atomic E-state index is 2.74. The van der Waals surface area contributed by atoms with Crippen molar-refractivity contribution in [3.8, 4) is 0 Å². The summed E-state index contributed by atoms with van der Waals surface area (Å²) in [6, 6.07) is 2.74. The molecule has 23 heavy (non-hydrogen) atoms. The number of aryl methyl sites for hydroxylation is 1. The molecule has 2 heteroatoms. The summed E-state index contributed by atoms with van der Waals surface area (Å²) in [4.78, 5) is 1.78. The van der Waals surface area contributed by atoms with Crippen LogP contribution >= 0.6 is 11.3 Å². The van der Waals surface area contributed by atoms with Crippen molar-refractivity contribution < 1.29 is 0 Å². The van der Waals surface area contributed by atoms with Crippen LogP contribution in [0.15, 0.2) is 6.07 Å². The summed E-state index contributed by atoms with van der Waals surface area (Å²) >= 11 is 0.143. The second-order valence-corrected chi connectivity index (χ2v) is 23.3. The summed E-state index contributed by atoms with van der Waals surface area (Å²) in [7, 11) is 0. The molecule has 0 saturated carbocycles. The van der Waals surface area contributed by atoms with Gasteiger partial charge in [0.15, 0.2) is 0 Å². The first-order valence-electron chi connectivity index (χ1n) is 10.3. The summed E-state index contributed by atoms with van der Waals surface area (Å²) < 4.78 is 6.84. The van der Waals surface area contributed by atoms with Crippen molar-refractivity contribution >= 4 is 32.6 Å². The van der Waals surface area contributed by atoms with E-state index in [9.17, 15) is 0 Å². The number of rotatable bonds is 10. The Hall–Kier alpha value is 0.499. The quantitative estimate of drug-likeness (QED) is 0.346. The van der Waals surface area contributed by atoms with E-state index in [1.54, 1.807) is 23.8 Å². The normalized spacial score (nSPS) is 18.2. The van der Waals surface area contributed by atoms with Gasteiger partial charge in [-0.05, 0) is 0 Å². The zero-order valence-corrected chi connectivity index (χ0v) is 19.7. The Labute approximate surface area is 153 Å². The van der Waals surface area contributed by atoms with E-state index in [-0.39, 0.29) is 0 Å². The summed E-state index contributed by atoms with van der Waals surface area (Å²) in [6.07, 6.45) is 12.8. The van der Waals surface area contributed by atoms with Gasteiger partial charge in [0.2, 0.25) is 0 Å². The van der Waals surface area contributed by atoms with E-state index >= 15 is 0 Å². The average Bonchev–Trinajstić information content (AvgIpc) is 2.98. The van der Waals surface area contributed by atoms with E-state index in [0.29, 0.717) is 0 Å². The fourth-order valence-electron chi connectivity index (χ4n) is 4.22. The molecule has 1 aliphatic rings. The molecule has 1 heterocycles. The molecule has 1 unspecified atom stereocenters. The van der Waals surface area contributed by atoms with E-state index in [1.807, 2.05) is 2.89 Å². The van der Waals surface area contributed by atoms with Crippen LogP contribution in [-0.2, 0) is 12.8 Å². The van der Waals surface area contributed by atoms with Gasteiger partial charge in [-0.2, -0.15) is 0 Å². The molecule has 2 rings (SSSR count). The van der Waals surface area contributed by atoms with Gasteiger partial charge >= 0.3 is 154 Å². The summed E-state index contributed by atoms with van der Waals surface area (Å²) in [5, 5.41) is 0. The van der Waals surface area contributed by atoms with Gasteiger partial charge in [-0.15, -0.1) is 0 Å². The molecule has 0 nitrogen and oxygen atoms in total. The van der Waals surface area contributed by atoms with Crippen LogP contribution in [0.2, 0.25) is 13.3 Å². The maximum atomic E-state index is 2.74. The minimum atomic E-state index is -2.15. The molecule has 0 saturated heterocycles. The van der Waals surface area contributed by atoms with E-state index in [1.165, 1.54) is 57.8 Å². The third kappa shape index (κ3) is 5.23. The van der Waals surface area contributed by atoms with Crippen molar-refractivity contribution in [3.63, 3.8) is 0 Å². The van der Waals surface area contributed by atoms with Crippen LogP contribution in [0.3, 0.4) is 0 Å². The van der Waals surface area contributed by atoms with E-state index in [4.69, 9.17) is 0 Å². The van der Waals surface area contributed by atoms with Crippen molar-refractivity contribution in [3.05, 3.63) is 16.5 Å². The van der Waals surface area contributed by atoms with E-state index in [0.717, 1.165) is 5.92 Å². The minimum absolute atomic E-state index is 0.917. The van der Waals surface area contributed by atoms with Gasteiger partial charge in [0.1, 0.15) is 0 Å². The summed E-state index contributed by atoms with van der Waals surface area (Å²) in [6.45, 7) is 9.61. The van der Waals surface area contributed by atoms with Crippen molar-refractivity contribution in [2.45, 2.75) is 98.8 Å². The summed E-state index contributed by atoms with van der Waals surface area (Å²) in [5.41, 5.74) is 1.76. The molecule has 0 radical (unpaired) electrons. The van der Waals surface area contributed by atoms with E-state index in [2.05, 4.69) is 45.1 Å². The number of fused-ring (bicyclic) bond motifs is 1. The van der Waals surface area contributed by atoms with Crippen LogP contribution in [0.1, 0.15) is 83.1 Å². The molecule has 0 aromatic carbocycles. The van der Waals surface area contributed by atoms with Crippen LogP contribution < -0.4 is 2.89 Å². The molecule has 1 aromatic rings. The van der Waals surface area contributed by atoms with Gasteiger partial charge in [0.25, 0.3) is 0 Å². The van der Waals surface area contributed by atoms with Crippen LogP contribution in [0.4, 0.5) is 0 Å². The van der Waals surface area contributed by atoms with Crippen molar-refractivity contribution in [1.29, 1.82) is 0 Å². The number of hydrogen-bond acceptors (Lipinski definition) is 1. The van der Waals surface area contributed by atoms with Crippen LogP contribution in [0, 0.1) is 5.92 Å². The molecule has 0 aliphatic heterocycles. The van der Waals surface area contributed by atoms with Gasteiger partial charge in [0.05, 0.1) is 0 Å². The molecule has 0 fully saturated rings. The fraction of sp³-hybridized carbons (Fsp3) is 0.810. The van der Waals surface area contributed by atoms with Gasteiger partial charge in [0, 0.05) is 0 Å². The Bertz CT molecular complexity index is 441. The monoisotopic (exact) mass is 442 g/mol. The van der Waals surface area contributed by atoms with Crippen LogP contribution in [0.5, 0.6) is 0 Å². The molecule has 1 atom stereocenters. The predicted molar refractivity (Wildman–Crippen MR) is 110 cm³/mol. The van der Waals surface area contributed by atoms with Crippen molar-refractivity contribution in [2.75, 3.05) is 0 Å². The second-order valence-electron chi connectivity index (χ2n) is 8.00. The molecule has 1 aromatic heterocycles. The van der Waals surface area contributed by atoms with Crippen molar-refractivity contribution in [1.82, 2.24) is 0 Å². The first-order valence-corrected chi connectivity index (χ1v) is 18.6. The van der Waals surface area contributed by atoms with Crippen LogP contribution in [0.25, 0.3) is 0 Å². The number of hydrogen-bond donors (Lipinski definition) is 0. The molecule has 0 spiro atoms. The molecular formula is C21H38SSn. The molecule has 1 aliphatic carbocycles. The average molecular weight is 441 g/mol. The molecule has 0 N–H and O–H groups in total. The Balaban J connectivity index is 2.29. The first-order chi connectivity index (χ1) is 11.1. The number of thiophene rings is 1.